The molecule has 0 aliphatic rings. The monoisotopic (exact) mass is 286 g/mol. The van der Waals surface area contributed by atoms with Gasteiger partial charge >= 0.3 is 5.97 Å². The van der Waals surface area contributed by atoms with Crippen LogP contribution in [0.25, 0.3) is 17.0 Å². The second kappa shape index (κ2) is 5.83. The summed E-state index contributed by atoms with van der Waals surface area (Å²) in [6.45, 7) is 1.92. The molecule has 1 heterocycles. The average Bonchev–Trinajstić information content (AvgIpc) is 2.43. The molecule has 0 aliphatic heterocycles. The summed E-state index contributed by atoms with van der Waals surface area (Å²) in [4.78, 5) is 17.3. The summed E-state index contributed by atoms with van der Waals surface area (Å²) in [5.41, 5.74) is 3.38. The molecule has 0 fully saturated rings. The second-order valence-electron chi connectivity index (χ2n) is 4.93. The molecule has 0 bridgehead atoms. The molecule has 0 aliphatic carbocycles. The first-order valence-corrected chi connectivity index (χ1v) is 6.50. The maximum Gasteiger partial charge on any atom is 0.328 e. The van der Waals surface area contributed by atoms with Crippen molar-refractivity contribution in [2.75, 3.05) is 26.1 Å². The molecule has 2 aromatic rings. The number of benzene rings is 1. The van der Waals surface area contributed by atoms with E-state index in [4.69, 9.17) is 9.84 Å². The number of aryl methyl sites for hydroxylation is 1. The highest BCUT2D eigenvalue weighted by Crippen LogP contribution is 2.34. The highest BCUT2D eigenvalue weighted by molar-refractivity contribution is 6.02. The van der Waals surface area contributed by atoms with Gasteiger partial charge in [0.25, 0.3) is 0 Å². The van der Waals surface area contributed by atoms with Gasteiger partial charge in [-0.3, -0.25) is 0 Å². The minimum atomic E-state index is -0.981. The van der Waals surface area contributed by atoms with Gasteiger partial charge < -0.3 is 14.7 Å². The molecule has 110 valence electrons. The molecular weight excluding hydrogens is 268 g/mol. The predicted octanol–water partition coefficient (Wildman–Crippen LogP) is 2.72. The van der Waals surface area contributed by atoms with Crippen LogP contribution >= 0.6 is 0 Å². The Hall–Kier alpha value is -2.56. The normalized spacial score (nSPS) is 11.0. The zero-order valence-corrected chi connectivity index (χ0v) is 12.5. The van der Waals surface area contributed by atoms with Gasteiger partial charge in [0.05, 0.1) is 7.11 Å². The standard InChI is InChI=1S/C16H18N2O3/c1-10-9-12(18(2)3)15-11(6-8-14(19)20)5-7-13(21-4)16(15)17-10/h5-9H,1-4H3,(H,19,20)/b8-6+. The van der Waals surface area contributed by atoms with Crippen LogP contribution in [-0.4, -0.2) is 37.3 Å². The Morgan fingerprint density at radius 2 is 2.10 bits per heavy atom. The van der Waals surface area contributed by atoms with Crippen molar-refractivity contribution in [3.05, 3.63) is 35.5 Å². The van der Waals surface area contributed by atoms with E-state index in [1.54, 1.807) is 19.3 Å². The fourth-order valence-electron chi connectivity index (χ4n) is 2.26. The molecule has 5 heteroatoms. The van der Waals surface area contributed by atoms with Crippen molar-refractivity contribution in [1.82, 2.24) is 4.98 Å². The fourth-order valence-corrected chi connectivity index (χ4v) is 2.26. The van der Waals surface area contributed by atoms with E-state index >= 15 is 0 Å². The fraction of sp³-hybridized carbons (Fsp3) is 0.250. The van der Waals surface area contributed by atoms with Gasteiger partial charge in [0.15, 0.2) is 0 Å². The van der Waals surface area contributed by atoms with E-state index < -0.39 is 5.97 Å². The highest BCUT2D eigenvalue weighted by atomic mass is 16.5. The van der Waals surface area contributed by atoms with E-state index in [0.717, 1.165) is 33.9 Å². The first kappa shape index (κ1) is 14.8. The van der Waals surface area contributed by atoms with Crippen LogP contribution in [0, 0.1) is 6.92 Å². The van der Waals surface area contributed by atoms with E-state index in [1.165, 1.54) is 0 Å². The molecule has 1 N–H and O–H groups in total. The summed E-state index contributed by atoms with van der Waals surface area (Å²) in [6.07, 6.45) is 2.70. The van der Waals surface area contributed by atoms with E-state index in [0.29, 0.717) is 5.75 Å². The topological polar surface area (TPSA) is 62.7 Å². The Morgan fingerprint density at radius 3 is 2.67 bits per heavy atom. The van der Waals surface area contributed by atoms with E-state index in [-0.39, 0.29) is 0 Å². The number of ether oxygens (including phenoxy) is 1. The van der Waals surface area contributed by atoms with Gasteiger partial charge in [-0.1, -0.05) is 6.07 Å². The molecule has 1 aromatic heterocycles. The third-order valence-corrected chi connectivity index (χ3v) is 3.17. The third kappa shape index (κ3) is 2.97. The van der Waals surface area contributed by atoms with Crippen molar-refractivity contribution < 1.29 is 14.6 Å². The quantitative estimate of drug-likeness (QED) is 0.876. The van der Waals surface area contributed by atoms with Crippen LogP contribution in [0.4, 0.5) is 5.69 Å². The number of anilines is 1. The number of hydrogen-bond donors (Lipinski definition) is 1. The van der Waals surface area contributed by atoms with Crippen LogP contribution in [0.5, 0.6) is 5.75 Å². The van der Waals surface area contributed by atoms with Crippen LogP contribution < -0.4 is 9.64 Å². The molecule has 0 unspecified atom stereocenters. The lowest BCUT2D eigenvalue weighted by molar-refractivity contribution is -0.131. The highest BCUT2D eigenvalue weighted by Gasteiger charge is 2.13. The minimum Gasteiger partial charge on any atom is -0.494 e. The summed E-state index contributed by atoms with van der Waals surface area (Å²) in [5, 5.41) is 9.71. The van der Waals surface area contributed by atoms with Crippen molar-refractivity contribution in [1.29, 1.82) is 0 Å². The summed E-state index contributed by atoms with van der Waals surface area (Å²) >= 11 is 0. The molecule has 0 amide bonds. The van der Waals surface area contributed by atoms with Gasteiger partial charge in [-0.15, -0.1) is 0 Å². The maximum atomic E-state index is 10.8. The van der Waals surface area contributed by atoms with Crippen LogP contribution in [0.2, 0.25) is 0 Å². The van der Waals surface area contributed by atoms with Gasteiger partial charge in [-0.05, 0) is 30.7 Å². The van der Waals surface area contributed by atoms with Crippen molar-refractivity contribution in [2.45, 2.75) is 6.92 Å². The molecule has 0 atom stereocenters. The molecule has 21 heavy (non-hydrogen) atoms. The Bertz CT molecular complexity index is 721. The Labute approximate surface area is 123 Å². The average molecular weight is 286 g/mol. The minimum absolute atomic E-state index is 0.671. The van der Waals surface area contributed by atoms with Crippen molar-refractivity contribution in [2.24, 2.45) is 0 Å². The summed E-state index contributed by atoms with van der Waals surface area (Å²) < 4.78 is 5.38. The summed E-state index contributed by atoms with van der Waals surface area (Å²) in [6, 6.07) is 5.61. The second-order valence-corrected chi connectivity index (χ2v) is 4.93. The van der Waals surface area contributed by atoms with E-state index in [9.17, 15) is 4.79 Å². The van der Waals surface area contributed by atoms with Gasteiger partial charge in [0.2, 0.25) is 0 Å². The molecule has 0 saturated heterocycles. The number of hydrogen-bond acceptors (Lipinski definition) is 4. The van der Waals surface area contributed by atoms with Crippen LogP contribution in [0.15, 0.2) is 24.3 Å². The maximum absolute atomic E-state index is 10.8. The van der Waals surface area contributed by atoms with Gasteiger partial charge in [-0.25, -0.2) is 9.78 Å². The molecule has 0 spiro atoms. The number of aliphatic carboxylic acids is 1. The number of aromatic nitrogens is 1. The summed E-state index contributed by atoms with van der Waals surface area (Å²) in [7, 11) is 5.48. The van der Waals surface area contributed by atoms with Crippen molar-refractivity contribution in [3.8, 4) is 5.75 Å². The Morgan fingerprint density at radius 1 is 1.38 bits per heavy atom. The summed E-state index contributed by atoms with van der Waals surface area (Å²) in [5.74, 6) is -0.310. The largest absolute Gasteiger partial charge is 0.494 e. The number of rotatable bonds is 4. The van der Waals surface area contributed by atoms with Crippen molar-refractivity contribution >= 4 is 28.6 Å². The van der Waals surface area contributed by atoms with Crippen LogP contribution in [0.1, 0.15) is 11.3 Å². The lowest BCUT2D eigenvalue weighted by Gasteiger charge is -2.18. The number of pyridine rings is 1. The number of nitrogens with zero attached hydrogens (tertiary/aromatic N) is 2. The predicted molar refractivity (Wildman–Crippen MR) is 84.0 cm³/mol. The third-order valence-electron chi connectivity index (χ3n) is 3.17. The van der Waals surface area contributed by atoms with E-state index in [2.05, 4.69) is 4.98 Å². The number of methoxy groups -OCH3 is 1. The number of carbonyl (C=O) groups is 1. The van der Waals surface area contributed by atoms with Crippen LogP contribution in [-0.2, 0) is 4.79 Å². The van der Waals surface area contributed by atoms with Gasteiger partial charge in [0, 0.05) is 36.9 Å². The van der Waals surface area contributed by atoms with Gasteiger partial charge in [0.1, 0.15) is 11.3 Å². The van der Waals surface area contributed by atoms with E-state index in [1.807, 2.05) is 38.1 Å². The first-order valence-electron chi connectivity index (χ1n) is 6.50. The smallest absolute Gasteiger partial charge is 0.328 e. The molecule has 5 nitrogen and oxygen atoms in total. The molecule has 0 saturated carbocycles. The zero-order valence-electron chi connectivity index (χ0n) is 12.5. The SMILES string of the molecule is COc1ccc(/C=C/C(=O)O)c2c(N(C)C)cc(C)nc12. The number of carboxylic acids is 1. The molecule has 1 aromatic carbocycles. The van der Waals surface area contributed by atoms with Gasteiger partial charge in [-0.2, -0.15) is 0 Å². The van der Waals surface area contributed by atoms with Crippen molar-refractivity contribution in [3.63, 3.8) is 0 Å². The molecular formula is C16H18N2O3. The van der Waals surface area contributed by atoms with Crippen LogP contribution in [0.3, 0.4) is 0 Å². The Kier molecular flexibility index (Phi) is 4.12. The zero-order chi connectivity index (χ0) is 15.6. The molecule has 0 radical (unpaired) electrons. The first-order chi connectivity index (χ1) is 9.93. The molecule has 2 rings (SSSR count). The lowest BCUT2D eigenvalue weighted by atomic mass is 10.0. The Balaban J connectivity index is 2.85. The lowest BCUT2D eigenvalue weighted by Crippen LogP contribution is -2.10. The number of fused-ring (bicyclic) bond motifs is 1. The number of carboxylic acid groups (broad SMARTS) is 1.